The highest BCUT2D eigenvalue weighted by molar-refractivity contribution is 7.99. The van der Waals surface area contributed by atoms with E-state index in [1.807, 2.05) is 6.92 Å². The first kappa shape index (κ1) is 21.4. The maximum Gasteiger partial charge on any atom is 0.341 e. The second-order valence-corrected chi connectivity index (χ2v) is 8.82. The number of hydrogen-bond donors (Lipinski definition) is 1. The second-order valence-electron chi connectivity index (χ2n) is 6.62. The molecule has 2 aromatic rings. The lowest BCUT2D eigenvalue weighted by molar-refractivity contribution is -0.113. The average molecular weight is 411 g/mol. The van der Waals surface area contributed by atoms with Crippen molar-refractivity contribution >= 4 is 40.0 Å². The number of anilines is 1. The molecule has 27 heavy (non-hydrogen) atoms. The summed E-state index contributed by atoms with van der Waals surface area (Å²) in [4.78, 5) is 25.4. The molecule has 2 heterocycles. The molecule has 0 spiro atoms. The number of nitrogens with zero attached hydrogens (tertiary/aromatic N) is 3. The largest absolute Gasteiger partial charge is 0.462 e. The Labute approximate surface area is 167 Å². The zero-order valence-electron chi connectivity index (χ0n) is 16.5. The highest BCUT2D eigenvalue weighted by atomic mass is 32.2. The number of aryl methyl sites for hydroxylation is 1. The maximum absolute atomic E-state index is 12.4. The summed E-state index contributed by atoms with van der Waals surface area (Å²) in [6.45, 7) is 12.2. The van der Waals surface area contributed by atoms with Crippen LogP contribution in [0.2, 0.25) is 0 Å². The number of ether oxygens (including phenoxy) is 1. The molecular weight excluding hydrogens is 384 g/mol. The minimum absolute atomic E-state index is 0.183. The Hall–Kier alpha value is -1.87. The number of nitrogens with one attached hydrogen (secondary N) is 1. The summed E-state index contributed by atoms with van der Waals surface area (Å²) in [6, 6.07) is 1.94. The van der Waals surface area contributed by atoms with Gasteiger partial charge in [0.1, 0.15) is 10.8 Å². The summed E-state index contributed by atoms with van der Waals surface area (Å²) in [5, 5.41) is 12.6. The summed E-state index contributed by atoms with van der Waals surface area (Å²) in [5.41, 5.74) is 0.394. The number of rotatable bonds is 8. The van der Waals surface area contributed by atoms with Gasteiger partial charge in [-0.05, 0) is 33.8 Å². The molecular formula is C18H26N4O3S2. The van der Waals surface area contributed by atoms with Crippen molar-refractivity contribution in [1.82, 2.24) is 14.8 Å². The van der Waals surface area contributed by atoms with E-state index in [0.717, 1.165) is 15.9 Å². The van der Waals surface area contributed by atoms with Gasteiger partial charge in [0.2, 0.25) is 5.91 Å². The Balaban J connectivity index is 2.07. The van der Waals surface area contributed by atoms with Gasteiger partial charge in [-0.1, -0.05) is 25.6 Å². The fourth-order valence-electron chi connectivity index (χ4n) is 2.53. The summed E-state index contributed by atoms with van der Waals surface area (Å²) >= 11 is 2.70. The van der Waals surface area contributed by atoms with Crippen LogP contribution in [0.25, 0.3) is 0 Å². The number of thiophene rings is 1. The lowest BCUT2D eigenvalue weighted by atomic mass is 10.2. The highest BCUT2D eigenvalue weighted by Crippen LogP contribution is 2.29. The molecule has 148 valence electrons. The van der Waals surface area contributed by atoms with Crippen LogP contribution in [0, 0.1) is 6.92 Å². The molecule has 7 nitrogen and oxygen atoms in total. The third kappa shape index (κ3) is 5.32. The fourth-order valence-corrected chi connectivity index (χ4v) is 4.32. The van der Waals surface area contributed by atoms with Gasteiger partial charge in [-0.3, -0.25) is 4.79 Å². The van der Waals surface area contributed by atoms with Crippen LogP contribution in [0.5, 0.6) is 0 Å². The van der Waals surface area contributed by atoms with Crippen LogP contribution in [-0.4, -0.2) is 39.0 Å². The molecule has 2 aromatic heterocycles. The molecule has 0 aliphatic carbocycles. The first-order chi connectivity index (χ1) is 12.7. The molecule has 1 N–H and O–H groups in total. The Kier molecular flexibility index (Phi) is 7.43. The van der Waals surface area contributed by atoms with Gasteiger partial charge in [-0.2, -0.15) is 0 Å². The van der Waals surface area contributed by atoms with Crippen molar-refractivity contribution in [1.29, 1.82) is 0 Å². The predicted octanol–water partition coefficient (Wildman–Crippen LogP) is 4.26. The van der Waals surface area contributed by atoms with E-state index in [2.05, 4.69) is 47.8 Å². The molecule has 0 radical (unpaired) electrons. The van der Waals surface area contributed by atoms with Crippen LogP contribution in [-0.2, 0) is 9.53 Å². The minimum Gasteiger partial charge on any atom is -0.462 e. The van der Waals surface area contributed by atoms with Gasteiger partial charge in [0.25, 0.3) is 0 Å². The Bertz CT molecular complexity index is 812. The first-order valence-electron chi connectivity index (χ1n) is 8.89. The van der Waals surface area contributed by atoms with Crippen LogP contribution >= 0.6 is 23.1 Å². The smallest absolute Gasteiger partial charge is 0.341 e. The van der Waals surface area contributed by atoms with Gasteiger partial charge >= 0.3 is 5.97 Å². The molecule has 0 aliphatic heterocycles. The first-order valence-corrected chi connectivity index (χ1v) is 10.7. The highest BCUT2D eigenvalue weighted by Gasteiger charge is 2.20. The van der Waals surface area contributed by atoms with Crippen molar-refractivity contribution in [2.45, 2.75) is 58.7 Å². The SMILES string of the molecule is CCOC(=O)c1cc(C)sc1NC(=O)CSc1nnc(C(C)C)n1C(C)C. The standard InChI is InChI=1S/C18H26N4O3S2/c1-7-25-17(24)13-8-12(6)27-16(13)19-14(23)9-26-18-21-20-15(10(2)3)22(18)11(4)5/h8,10-11H,7,9H2,1-6H3,(H,19,23). The van der Waals surface area contributed by atoms with Crippen molar-refractivity contribution in [2.75, 3.05) is 17.7 Å². The quantitative estimate of drug-likeness (QED) is 0.517. The average Bonchev–Trinajstić information content (AvgIpc) is 3.16. The molecule has 0 fully saturated rings. The number of hydrogen-bond acceptors (Lipinski definition) is 7. The van der Waals surface area contributed by atoms with E-state index in [4.69, 9.17) is 4.74 Å². The molecule has 2 rings (SSSR count). The monoisotopic (exact) mass is 410 g/mol. The third-order valence-electron chi connectivity index (χ3n) is 3.66. The summed E-state index contributed by atoms with van der Waals surface area (Å²) < 4.78 is 7.11. The molecule has 0 atom stereocenters. The van der Waals surface area contributed by atoms with Crippen LogP contribution in [0.4, 0.5) is 5.00 Å². The molecule has 0 aromatic carbocycles. The van der Waals surface area contributed by atoms with Crippen molar-refractivity contribution in [3.8, 4) is 0 Å². The predicted molar refractivity (Wildman–Crippen MR) is 109 cm³/mol. The summed E-state index contributed by atoms with van der Waals surface area (Å²) in [6.07, 6.45) is 0. The number of carbonyl (C=O) groups is 2. The summed E-state index contributed by atoms with van der Waals surface area (Å²) in [5.74, 6) is 0.723. The summed E-state index contributed by atoms with van der Waals surface area (Å²) in [7, 11) is 0. The van der Waals surface area contributed by atoms with Crippen LogP contribution in [0.1, 0.15) is 67.6 Å². The number of carbonyl (C=O) groups excluding carboxylic acids is 2. The van der Waals surface area contributed by atoms with Crippen LogP contribution in [0.15, 0.2) is 11.2 Å². The molecule has 9 heteroatoms. The Morgan fingerprint density at radius 3 is 2.59 bits per heavy atom. The number of esters is 1. The van der Waals surface area contributed by atoms with E-state index >= 15 is 0 Å². The normalized spacial score (nSPS) is 11.3. The molecule has 0 aliphatic rings. The maximum atomic E-state index is 12.4. The Morgan fingerprint density at radius 1 is 1.30 bits per heavy atom. The molecule has 0 saturated carbocycles. The zero-order valence-corrected chi connectivity index (χ0v) is 18.2. The van der Waals surface area contributed by atoms with Crippen LogP contribution in [0.3, 0.4) is 0 Å². The molecule has 0 bridgehead atoms. The second kappa shape index (κ2) is 9.36. The van der Waals surface area contributed by atoms with Crippen molar-refractivity contribution in [3.05, 3.63) is 22.3 Å². The third-order valence-corrected chi connectivity index (χ3v) is 5.57. The van der Waals surface area contributed by atoms with Crippen molar-refractivity contribution < 1.29 is 14.3 Å². The number of aromatic nitrogens is 3. The Morgan fingerprint density at radius 2 is 2.00 bits per heavy atom. The fraction of sp³-hybridized carbons (Fsp3) is 0.556. The van der Waals surface area contributed by atoms with Gasteiger partial charge in [-0.25, -0.2) is 4.79 Å². The van der Waals surface area contributed by atoms with E-state index in [-0.39, 0.29) is 23.6 Å². The zero-order chi connectivity index (χ0) is 20.1. The van der Waals surface area contributed by atoms with E-state index < -0.39 is 5.97 Å². The molecule has 1 amide bonds. The van der Waals surface area contributed by atoms with E-state index in [1.54, 1.807) is 13.0 Å². The van der Waals surface area contributed by atoms with Gasteiger partial charge in [-0.15, -0.1) is 21.5 Å². The molecule has 0 unspecified atom stereocenters. The minimum atomic E-state index is -0.425. The van der Waals surface area contributed by atoms with Gasteiger partial charge < -0.3 is 14.6 Å². The van der Waals surface area contributed by atoms with Crippen molar-refractivity contribution in [2.24, 2.45) is 0 Å². The van der Waals surface area contributed by atoms with Gasteiger partial charge in [0.15, 0.2) is 5.16 Å². The number of amides is 1. The van der Waals surface area contributed by atoms with E-state index in [9.17, 15) is 9.59 Å². The van der Waals surface area contributed by atoms with Gasteiger partial charge in [0.05, 0.1) is 17.9 Å². The number of thioether (sulfide) groups is 1. The van der Waals surface area contributed by atoms with Crippen molar-refractivity contribution in [3.63, 3.8) is 0 Å². The lowest BCUT2D eigenvalue weighted by Crippen LogP contribution is -2.17. The van der Waals surface area contributed by atoms with E-state index in [0.29, 0.717) is 17.2 Å². The lowest BCUT2D eigenvalue weighted by Gasteiger charge is -2.15. The van der Waals surface area contributed by atoms with E-state index in [1.165, 1.54) is 23.1 Å². The molecule has 0 saturated heterocycles. The van der Waals surface area contributed by atoms with Crippen LogP contribution < -0.4 is 5.32 Å². The topological polar surface area (TPSA) is 86.1 Å². The van der Waals surface area contributed by atoms with Gasteiger partial charge in [0, 0.05) is 16.8 Å².